The second-order valence-corrected chi connectivity index (χ2v) is 8.66. The third-order valence-corrected chi connectivity index (χ3v) is 5.94. The first-order valence-corrected chi connectivity index (χ1v) is 9.36. The van der Waals surface area contributed by atoms with Gasteiger partial charge in [0.25, 0.3) is 0 Å². The molecule has 2 aliphatic rings. The average molecular weight is 309 g/mol. The highest BCUT2D eigenvalue weighted by molar-refractivity contribution is 5.76. The lowest BCUT2D eigenvalue weighted by atomic mass is 9.77. The topological polar surface area (TPSA) is 32.3 Å². The molecule has 3 unspecified atom stereocenters. The van der Waals surface area contributed by atoms with Crippen LogP contribution >= 0.6 is 0 Å². The second-order valence-electron chi connectivity index (χ2n) is 8.66. The Morgan fingerprint density at radius 1 is 1.18 bits per heavy atom. The van der Waals surface area contributed by atoms with Gasteiger partial charge in [0.15, 0.2) is 0 Å². The lowest BCUT2D eigenvalue weighted by molar-refractivity contribution is -0.132. The van der Waals surface area contributed by atoms with Crippen LogP contribution in [0.5, 0.6) is 0 Å². The molecule has 128 valence electrons. The summed E-state index contributed by atoms with van der Waals surface area (Å²) in [5.74, 6) is 2.35. The molecule has 2 heterocycles. The molecule has 0 saturated carbocycles. The van der Waals surface area contributed by atoms with Crippen LogP contribution in [0.1, 0.15) is 66.2 Å². The van der Waals surface area contributed by atoms with Gasteiger partial charge in [0.2, 0.25) is 5.91 Å². The van der Waals surface area contributed by atoms with Gasteiger partial charge in [0.05, 0.1) is 0 Å². The summed E-state index contributed by atoms with van der Waals surface area (Å²) in [6.45, 7) is 13.5. The summed E-state index contributed by atoms with van der Waals surface area (Å²) < 4.78 is 0. The fourth-order valence-corrected chi connectivity index (χ4v) is 4.15. The van der Waals surface area contributed by atoms with E-state index in [-0.39, 0.29) is 0 Å². The molecule has 3 atom stereocenters. The van der Waals surface area contributed by atoms with Crippen molar-refractivity contribution < 1.29 is 4.79 Å². The van der Waals surface area contributed by atoms with Crippen molar-refractivity contribution in [2.75, 3.05) is 26.2 Å². The number of amides is 1. The molecular weight excluding hydrogens is 272 g/mol. The highest BCUT2D eigenvalue weighted by Gasteiger charge is 2.29. The molecule has 2 rings (SSSR count). The zero-order chi connectivity index (χ0) is 16.2. The normalized spacial score (nSPS) is 29.0. The van der Waals surface area contributed by atoms with Crippen molar-refractivity contribution in [2.45, 2.75) is 66.2 Å². The maximum Gasteiger partial charge on any atom is 0.222 e. The number of piperidine rings is 1. The minimum atomic E-state index is 0.375. The number of rotatable bonds is 3. The molecule has 2 aliphatic heterocycles. The predicted molar refractivity (Wildman–Crippen MR) is 92.8 cm³/mol. The van der Waals surface area contributed by atoms with E-state index in [0.717, 1.165) is 38.5 Å². The largest absolute Gasteiger partial charge is 0.343 e. The van der Waals surface area contributed by atoms with E-state index in [4.69, 9.17) is 0 Å². The number of nitrogens with zero attached hydrogens (tertiary/aromatic N) is 1. The molecule has 1 amide bonds. The number of hydrogen-bond donors (Lipinski definition) is 1. The van der Waals surface area contributed by atoms with Gasteiger partial charge in [-0.3, -0.25) is 4.79 Å². The first-order valence-electron chi connectivity index (χ1n) is 9.36. The summed E-state index contributed by atoms with van der Waals surface area (Å²) in [6, 6.07) is 0. The highest BCUT2D eigenvalue weighted by Crippen LogP contribution is 2.34. The van der Waals surface area contributed by atoms with Gasteiger partial charge >= 0.3 is 0 Å². The van der Waals surface area contributed by atoms with Crippen molar-refractivity contribution in [1.29, 1.82) is 0 Å². The maximum absolute atomic E-state index is 12.7. The Balaban J connectivity index is 1.82. The quantitative estimate of drug-likeness (QED) is 0.862. The lowest BCUT2D eigenvalue weighted by Gasteiger charge is -2.31. The summed E-state index contributed by atoms with van der Waals surface area (Å²) in [5, 5.41) is 3.48. The van der Waals surface area contributed by atoms with Gasteiger partial charge in [0, 0.05) is 19.5 Å². The molecule has 0 aliphatic carbocycles. The molecule has 0 spiro atoms. The van der Waals surface area contributed by atoms with E-state index < -0.39 is 0 Å². The molecule has 0 aromatic carbocycles. The van der Waals surface area contributed by atoms with Crippen molar-refractivity contribution in [3.8, 4) is 0 Å². The molecular formula is C19H36N2O. The van der Waals surface area contributed by atoms with Crippen LogP contribution in [0.2, 0.25) is 0 Å². The van der Waals surface area contributed by atoms with Crippen LogP contribution < -0.4 is 5.32 Å². The van der Waals surface area contributed by atoms with Crippen molar-refractivity contribution in [3.05, 3.63) is 0 Å². The van der Waals surface area contributed by atoms with E-state index in [9.17, 15) is 4.79 Å². The third-order valence-electron chi connectivity index (χ3n) is 5.94. The van der Waals surface area contributed by atoms with E-state index in [1.54, 1.807) is 0 Å². The third kappa shape index (κ3) is 4.97. The molecule has 3 heteroatoms. The number of carbonyl (C=O) groups excluding carboxylic acids is 1. The van der Waals surface area contributed by atoms with E-state index in [1.165, 1.54) is 32.1 Å². The Morgan fingerprint density at radius 2 is 1.95 bits per heavy atom. The first kappa shape index (κ1) is 17.8. The van der Waals surface area contributed by atoms with Crippen LogP contribution in [0.25, 0.3) is 0 Å². The van der Waals surface area contributed by atoms with Crippen molar-refractivity contribution >= 4 is 5.91 Å². The van der Waals surface area contributed by atoms with Gasteiger partial charge in [-0.2, -0.15) is 0 Å². The van der Waals surface area contributed by atoms with Gasteiger partial charge < -0.3 is 10.2 Å². The summed E-state index contributed by atoms with van der Waals surface area (Å²) in [5.41, 5.74) is 0.375. The summed E-state index contributed by atoms with van der Waals surface area (Å²) in [7, 11) is 0. The van der Waals surface area contributed by atoms with E-state index in [2.05, 4.69) is 37.9 Å². The van der Waals surface area contributed by atoms with Crippen LogP contribution in [-0.4, -0.2) is 37.0 Å². The monoisotopic (exact) mass is 308 g/mol. The predicted octanol–water partition coefficient (Wildman–Crippen LogP) is 3.69. The molecule has 0 aromatic heterocycles. The summed E-state index contributed by atoms with van der Waals surface area (Å²) >= 11 is 0. The second kappa shape index (κ2) is 7.81. The van der Waals surface area contributed by atoms with Crippen LogP contribution in [-0.2, 0) is 4.79 Å². The molecule has 2 saturated heterocycles. The van der Waals surface area contributed by atoms with E-state index in [0.29, 0.717) is 23.2 Å². The molecule has 3 nitrogen and oxygen atoms in total. The Labute approximate surface area is 137 Å². The van der Waals surface area contributed by atoms with Crippen LogP contribution in [0, 0.1) is 23.2 Å². The summed E-state index contributed by atoms with van der Waals surface area (Å²) in [6.07, 6.45) is 6.91. The van der Waals surface area contributed by atoms with Gasteiger partial charge in [-0.05, 0) is 68.4 Å². The summed E-state index contributed by atoms with van der Waals surface area (Å²) in [4.78, 5) is 14.8. The fourth-order valence-electron chi connectivity index (χ4n) is 4.15. The smallest absolute Gasteiger partial charge is 0.222 e. The van der Waals surface area contributed by atoms with E-state index in [1.807, 2.05) is 0 Å². The fraction of sp³-hybridized carbons (Fsp3) is 0.947. The highest BCUT2D eigenvalue weighted by atomic mass is 16.2. The first-order chi connectivity index (χ1) is 10.4. The van der Waals surface area contributed by atoms with E-state index >= 15 is 0 Å². The molecule has 0 bridgehead atoms. The zero-order valence-corrected chi connectivity index (χ0v) is 15.2. The number of likely N-dealkylation sites (tertiary alicyclic amines) is 1. The molecule has 0 radical (unpaired) electrons. The van der Waals surface area contributed by atoms with Crippen molar-refractivity contribution in [3.63, 3.8) is 0 Å². The number of carbonyl (C=O) groups is 1. The Kier molecular flexibility index (Phi) is 6.31. The lowest BCUT2D eigenvalue weighted by Crippen LogP contribution is -2.37. The average Bonchev–Trinajstić information content (AvgIpc) is 2.73. The SMILES string of the molecule is CC(CC(=O)N1CCCC(C(C)(C)C)CC1)C1CCCNC1. The number of nitrogens with one attached hydrogen (secondary N) is 1. The van der Waals surface area contributed by atoms with Gasteiger partial charge in [-0.25, -0.2) is 0 Å². The van der Waals surface area contributed by atoms with Gasteiger partial charge in [-0.1, -0.05) is 27.7 Å². The Morgan fingerprint density at radius 3 is 2.59 bits per heavy atom. The van der Waals surface area contributed by atoms with Crippen molar-refractivity contribution in [1.82, 2.24) is 10.2 Å². The zero-order valence-electron chi connectivity index (χ0n) is 15.2. The van der Waals surface area contributed by atoms with Crippen LogP contribution in [0.15, 0.2) is 0 Å². The molecule has 2 fully saturated rings. The minimum absolute atomic E-state index is 0.375. The molecule has 22 heavy (non-hydrogen) atoms. The van der Waals surface area contributed by atoms with Crippen LogP contribution in [0.4, 0.5) is 0 Å². The maximum atomic E-state index is 12.7. The van der Waals surface area contributed by atoms with Crippen LogP contribution in [0.3, 0.4) is 0 Å². The molecule has 0 aromatic rings. The van der Waals surface area contributed by atoms with Crippen molar-refractivity contribution in [2.24, 2.45) is 23.2 Å². The number of hydrogen-bond acceptors (Lipinski definition) is 2. The Bertz CT molecular complexity index is 355. The van der Waals surface area contributed by atoms with Gasteiger partial charge in [0.1, 0.15) is 0 Å². The standard InChI is InChI=1S/C19H36N2O/c1-15(16-7-5-10-20-14-16)13-18(22)21-11-6-8-17(9-12-21)19(2,3)4/h15-17,20H,5-14H2,1-4H3. The Hall–Kier alpha value is -0.570. The minimum Gasteiger partial charge on any atom is -0.343 e. The van der Waals surface area contributed by atoms with Gasteiger partial charge in [-0.15, -0.1) is 0 Å². The molecule has 1 N–H and O–H groups in total.